The van der Waals surface area contributed by atoms with Crippen LogP contribution in [0.25, 0.3) is 0 Å². The first-order chi connectivity index (χ1) is 5.33. The number of nitriles is 1. The average molecular weight is 152 g/mol. The Hall–Kier alpha value is -0.550. The number of nitrogens with zero attached hydrogens (tertiary/aromatic N) is 2. The summed E-state index contributed by atoms with van der Waals surface area (Å²) in [6.07, 6.45) is 3.31. The maximum atomic E-state index is 8.37. The van der Waals surface area contributed by atoms with Crippen LogP contribution in [0.5, 0.6) is 0 Å². The summed E-state index contributed by atoms with van der Waals surface area (Å²) in [5.74, 6) is 0.897. The van der Waals surface area contributed by atoms with Gasteiger partial charge in [-0.1, -0.05) is 6.92 Å². The highest BCUT2D eigenvalue weighted by Crippen LogP contribution is 2.15. The lowest BCUT2D eigenvalue weighted by molar-refractivity contribution is 0.196. The summed E-state index contributed by atoms with van der Waals surface area (Å²) in [5, 5.41) is 8.37. The van der Waals surface area contributed by atoms with E-state index >= 15 is 0 Å². The van der Waals surface area contributed by atoms with Crippen molar-refractivity contribution < 1.29 is 0 Å². The van der Waals surface area contributed by atoms with Crippen LogP contribution in [-0.4, -0.2) is 24.5 Å². The quantitative estimate of drug-likeness (QED) is 0.601. The van der Waals surface area contributed by atoms with Gasteiger partial charge < -0.3 is 4.90 Å². The third kappa shape index (κ3) is 2.90. The monoisotopic (exact) mass is 152 g/mol. The van der Waals surface area contributed by atoms with Crippen LogP contribution in [-0.2, 0) is 0 Å². The highest BCUT2D eigenvalue weighted by molar-refractivity contribution is 4.75. The molecule has 0 radical (unpaired) electrons. The summed E-state index contributed by atoms with van der Waals surface area (Å²) < 4.78 is 0. The van der Waals surface area contributed by atoms with Crippen molar-refractivity contribution in [3.05, 3.63) is 0 Å². The highest BCUT2D eigenvalue weighted by atomic mass is 15.1. The molecule has 0 aliphatic carbocycles. The summed E-state index contributed by atoms with van der Waals surface area (Å²) in [7, 11) is 0. The van der Waals surface area contributed by atoms with Crippen LogP contribution in [0, 0.1) is 17.2 Å². The Labute approximate surface area is 68.8 Å². The lowest BCUT2D eigenvalue weighted by Crippen LogP contribution is -2.33. The van der Waals surface area contributed by atoms with Gasteiger partial charge in [0.05, 0.1) is 6.07 Å². The van der Waals surface area contributed by atoms with E-state index in [1.807, 2.05) is 0 Å². The lowest BCUT2D eigenvalue weighted by atomic mass is 9.99. The van der Waals surface area contributed by atoms with Gasteiger partial charge in [-0.05, 0) is 31.8 Å². The Morgan fingerprint density at radius 3 is 2.64 bits per heavy atom. The zero-order valence-electron chi connectivity index (χ0n) is 7.21. The average Bonchev–Trinajstić information content (AvgIpc) is 2.04. The Bertz CT molecular complexity index is 140. The molecule has 0 atom stereocenters. The van der Waals surface area contributed by atoms with Crippen LogP contribution in [0.2, 0.25) is 0 Å². The van der Waals surface area contributed by atoms with Crippen molar-refractivity contribution in [1.29, 1.82) is 5.26 Å². The van der Waals surface area contributed by atoms with E-state index in [1.165, 1.54) is 25.9 Å². The molecular formula is C9H16N2. The van der Waals surface area contributed by atoms with Crippen LogP contribution >= 0.6 is 0 Å². The molecule has 1 aliphatic heterocycles. The molecule has 0 aromatic carbocycles. The molecule has 2 heteroatoms. The fraction of sp³-hybridized carbons (Fsp3) is 0.889. The standard InChI is InChI=1S/C9H16N2/c1-9-3-7-11(8-4-9)6-2-5-10/h9H,2-4,6-8H2,1H3. The maximum absolute atomic E-state index is 8.37. The summed E-state index contributed by atoms with van der Waals surface area (Å²) in [4.78, 5) is 2.39. The minimum atomic E-state index is 0.689. The zero-order valence-corrected chi connectivity index (χ0v) is 7.21. The molecule has 0 bridgehead atoms. The zero-order chi connectivity index (χ0) is 8.10. The number of piperidine rings is 1. The van der Waals surface area contributed by atoms with Crippen LogP contribution in [0.15, 0.2) is 0 Å². The van der Waals surface area contributed by atoms with E-state index in [2.05, 4.69) is 17.9 Å². The minimum absolute atomic E-state index is 0.689. The van der Waals surface area contributed by atoms with Crippen LogP contribution in [0.1, 0.15) is 26.2 Å². The Kier molecular flexibility index (Phi) is 3.38. The first-order valence-corrected chi connectivity index (χ1v) is 4.42. The Balaban J connectivity index is 2.13. The summed E-state index contributed by atoms with van der Waals surface area (Å²) in [5.41, 5.74) is 0. The minimum Gasteiger partial charge on any atom is -0.302 e. The highest BCUT2D eigenvalue weighted by Gasteiger charge is 2.14. The van der Waals surface area contributed by atoms with Crippen molar-refractivity contribution in [1.82, 2.24) is 4.90 Å². The molecule has 0 N–H and O–H groups in total. The molecule has 62 valence electrons. The molecule has 11 heavy (non-hydrogen) atoms. The molecule has 0 amide bonds. The van der Waals surface area contributed by atoms with E-state index in [9.17, 15) is 0 Å². The topological polar surface area (TPSA) is 27.0 Å². The third-order valence-electron chi connectivity index (χ3n) is 2.42. The summed E-state index contributed by atoms with van der Waals surface area (Å²) in [6, 6.07) is 2.18. The SMILES string of the molecule is CC1CCN(CCC#N)CC1. The van der Waals surface area contributed by atoms with Gasteiger partial charge in [-0.25, -0.2) is 0 Å². The molecular weight excluding hydrogens is 136 g/mol. The fourth-order valence-corrected chi connectivity index (χ4v) is 1.49. The first-order valence-electron chi connectivity index (χ1n) is 4.42. The molecule has 0 aromatic rings. The van der Waals surface area contributed by atoms with Gasteiger partial charge in [0, 0.05) is 13.0 Å². The van der Waals surface area contributed by atoms with Crippen molar-refractivity contribution in [2.45, 2.75) is 26.2 Å². The second kappa shape index (κ2) is 4.35. The van der Waals surface area contributed by atoms with E-state index in [0.29, 0.717) is 6.42 Å². The Morgan fingerprint density at radius 2 is 2.09 bits per heavy atom. The molecule has 1 heterocycles. The van der Waals surface area contributed by atoms with Crippen molar-refractivity contribution in [3.8, 4) is 6.07 Å². The molecule has 0 saturated carbocycles. The van der Waals surface area contributed by atoms with Crippen molar-refractivity contribution >= 4 is 0 Å². The predicted octanol–water partition coefficient (Wildman–Crippen LogP) is 1.63. The van der Waals surface area contributed by atoms with Crippen molar-refractivity contribution in [3.63, 3.8) is 0 Å². The number of hydrogen-bond acceptors (Lipinski definition) is 2. The van der Waals surface area contributed by atoms with E-state index in [-0.39, 0.29) is 0 Å². The van der Waals surface area contributed by atoms with Crippen LogP contribution in [0.4, 0.5) is 0 Å². The van der Waals surface area contributed by atoms with Crippen molar-refractivity contribution in [2.75, 3.05) is 19.6 Å². The number of likely N-dealkylation sites (tertiary alicyclic amines) is 1. The van der Waals surface area contributed by atoms with Gasteiger partial charge in [0.1, 0.15) is 0 Å². The molecule has 2 nitrogen and oxygen atoms in total. The normalized spacial score (nSPS) is 21.5. The number of rotatable bonds is 2. The molecule has 0 unspecified atom stereocenters. The number of hydrogen-bond donors (Lipinski definition) is 0. The van der Waals surface area contributed by atoms with Crippen LogP contribution < -0.4 is 0 Å². The van der Waals surface area contributed by atoms with Gasteiger partial charge in [0.15, 0.2) is 0 Å². The summed E-state index contributed by atoms with van der Waals surface area (Å²) >= 11 is 0. The van der Waals surface area contributed by atoms with Crippen LogP contribution in [0.3, 0.4) is 0 Å². The van der Waals surface area contributed by atoms with Gasteiger partial charge >= 0.3 is 0 Å². The second-order valence-electron chi connectivity index (χ2n) is 3.43. The molecule has 1 aliphatic rings. The van der Waals surface area contributed by atoms with Gasteiger partial charge in [0.25, 0.3) is 0 Å². The van der Waals surface area contributed by atoms with Gasteiger partial charge in [-0.2, -0.15) is 5.26 Å². The lowest BCUT2D eigenvalue weighted by Gasteiger charge is -2.29. The third-order valence-corrected chi connectivity index (χ3v) is 2.42. The molecule has 1 fully saturated rings. The molecule has 0 spiro atoms. The van der Waals surface area contributed by atoms with E-state index in [0.717, 1.165) is 12.5 Å². The molecule has 1 saturated heterocycles. The second-order valence-corrected chi connectivity index (χ2v) is 3.43. The largest absolute Gasteiger partial charge is 0.302 e. The molecule has 0 aromatic heterocycles. The van der Waals surface area contributed by atoms with Gasteiger partial charge in [-0.3, -0.25) is 0 Å². The van der Waals surface area contributed by atoms with Gasteiger partial charge in [0.2, 0.25) is 0 Å². The van der Waals surface area contributed by atoms with E-state index < -0.39 is 0 Å². The first kappa shape index (κ1) is 8.55. The Morgan fingerprint density at radius 1 is 1.45 bits per heavy atom. The predicted molar refractivity (Wildman–Crippen MR) is 45.1 cm³/mol. The van der Waals surface area contributed by atoms with E-state index in [4.69, 9.17) is 5.26 Å². The fourth-order valence-electron chi connectivity index (χ4n) is 1.49. The van der Waals surface area contributed by atoms with Crippen molar-refractivity contribution in [2.24, 2.45) is 5.92 Å². The maximum Gasteiger partial charge on any atom is 0.0635 e. The smallest absolute Gasteiger partial charge is 0.0635 e. The van der Waals surface area contributed by atoms with E-state index in [1.54, 1.807) is 0 Å². The van der Waals surface area contributed by atoms with Gasteiger partial charge in [-0.15, -0.1) is 0 Å². The summed E-state index contributed by atoms with van der Waals surface area (Å²) in [6.45, 7) is 5.68. The molecule has 1 rings (SSSR count).